The highest BCUT2D eigenvalue weighted by Crippen LogP contribution is 2.46. The molecule has 0 unspecified atom stereocenters. The average molecular weight is 584 g/mol. The number of ether oxygens (including phenoxy) is 2. The number of hydrogen-bond donors (Lipinski definition) is 0. The number of carbonyl (C=O) groups is 1. The van der Waals surface area contributed by atoms with Crippen molar-refractivity contribution in [3.8, 4) is 11.5 Å². The first-order chi connectivity index (χ1) is 15.0. The maximum Gasteiger partial charge on any atom is 0.238 e. The van der Waals surface area contributed by atoms with Crippen molar-refractivity contribution in [1.29, 1.82) is 0 Å². The summed E-state index contributed by atoms with van der Waals surface area (Å²) in [5, 5.41) is 0.468. The molecule has 1 amide bonds. The summed E-state index contributed by atoms with van der Waals surface area (Å²) in [6.45, 7) is 0.412. The number of rotatable bonds is 6. The third-order valence-electron chi connectivity index (χ3n) is 4.81. The van der Waals surface area contributed by atoms with Gasteiger partial charge >= 0.3 is 0 Å². The Morgan fingerprint density at radius 3 is 2.48 bits per heavy atom. The fourth-order valence-electron chi connectivity index (χ4n) is 3.31. The topological polar surface area (TPSA) is 38.8 Å². The van der Waals surface area contributed by atoms with Crippen LogP contribution in [0.3, 0.4) is 0 Å². The van der Waals surface area contributed by atoms with E-state index in [1.54, 1.807) is 35.9 Å². The number of thioether (sulfide) groups is 1. The van der Waals surface area contributed by atoms with Crippen LogP contribution in [0.15, 0.2) is 69.6 Å². The lowest BCUT2D eigenvalue weighted by atomic mass is 10.1. The number of anilines is 1. The molecule has 160 valence electrons. The minimum atomic E-state index is -0.167. The lowest BCUT2D eigenvalue weighted by Gasteiger charge is -2.25. The van der Waals surface area contributed by atoms with Crippen LogP contribution in [0.1, 0.15) is 16.5 Å². The van der Waals surface area contributed by atoms with Gasteiger partial charge in [-0.05, 0) is 75.6 Å². The van der Waals surface area contributed by atoms with Crippen molar-refractivity contribution >= 4 is 66.8 Å². The number of amides is 1. The Morgan fingerprint density at radius 1 is 1.10 bits per heavy atom. The summed E-state index contributed by atoms with van der Waals surface area (Å²) < 4.78 is 13.5. The maximum absolute atomic E-state index is 12.6. The molecule has 1 saturated heterocycles. The first-order valence-electron chi connectivity index (χ1n) is 9.40. The lowest BCUT2D eigenvalue weighted by molar-refractivity contribution is -0.115. The van der Waals surface area contributed by atoms with Gasteiger partial charge in [0, 0.05) is 15.2 Å². The molecule has 1 aliphatic rings. The Bertz CT molecular complexity index is 1090. The first kappa shape index (κ1) is 22.5. The third kappa shape index (κ3) is 5.06. The van der Waals surface area contributed by atoms with Crippen LogP contribution in [-0.4, -0.2) is 18.8 Å². The van der Waals surface area contributed by atoms with Crippen molar-refractivity contribution in [3.63, 3.8) is 0 Å². The second-order valence-electron chi connectivity index (χ2n) is 6.85. The smallest absolute Gasteiger partial charge is 0.238 e. The molecule has 0 radical (unpaired) electrons. The zero-order valence-corrected chi connectivity index (χ0v) is 21.2. The quantitative estimate of drug-likeness (QED) is 0.307. The van der Waals surface area contributed by atoms with Crippen molar-refractivity contribution < 1.29 is 14.3 Å². The number of hydrogen-bond acceptors (Lipinski definition) is 4. The van der Waals surface area contributed by atoms with Gasteiger partial charge in [-0.1, -0.05) is 39.7 Å². The highest BCUT2D eigenvalue weighted by atomic mass is 79.9. The molecule has 0 aliphatic carbocycles. The maximum atomic E-state index is 12.6. The molecule has 0 saturated carbocycles. The monoisotopic (exact) mass is 581 g/mol. The molecule has 1 aliphatic heterocycles. The second kappa shape index (κ2) is 9.86. The molecule has 0 N–H and O–H groups in total. The molecule has 4 nitrogen and oxygen atoms in total. The van der Waals surface area contributed by atoms with E-state index < -0.39 is 0 Å². The fourth-order valence-corrected chi connectivity index (χ4v) is 5.43. The van der Waals surface area contributed by atoms with Crippen molar-refractivity contribution in [1.82, 2.24) is 0 Å². The molecular formula is C23H18Br2ClNO3S. The molecule has 0 spiro atoms. The molecule has 0 aromatic heterocycles. The van der Waals surface area contributed by atoms with Gasteiger partial charge < -0.3 is 9.47 Å². The van der Waals surface area contributed by atoms with Gasteiger partial charge in [-0.25, -0.2) is 0 Å². The number of benzene rings is 3. The zero-order valence-electron chi connectivity index (χ0n) is 16.5. The van der Waals surface area contributed by atoms with Crippen LogP contribution >= 0.6 is 55.2 Å². The molecule has 1 atom stereocenters. The van der Waals surface area contributed by atoms with E-state index in [1.165, 1.54) is 0 Å². The van der Waals surface area contributed by atoms with E-state index in [0.29, 0.717) is 28.9 Å². The Kier molecular flexibility index (Phi) is 7.16. The molecule has 1 fully saturated rings. The summed E-state index contributed by atoms with van der Waals surface area (Å²) >= 11 is 14.7. The van der Waals surface area contributed by atoms with Gasteiger partial charge in [-0.15, -0.1) is 11.8 Å². The summed E-state index contributed by atoms with van der Waals surface area (Å²) in [7, 11) is 1.61. The van der Waals surface area contributed by atoms with Crippen LogP contribution in [0.5, 0.6) is 11.5 Å². The molecule has 8 heteroatoms. The number of methoxy groups -OCH3 is 1. The molecule has 1 heterocycles. The van der Waals surface area contributed by atoms with Crippen molar-refractivity contribution in [2.75, 3.05) is 17.8 Å². The van der Waals surface area contributed by atoms with Crippen LogP contribution in [0.2, 0.25) is 5.02 Å². The normalized spacial score (nSPS) is 15.9. The summed E-state index contributed by atoms with van der Waals surface area (Å²) in [6.07, 6.45) is 0. The lowest BCUT2D eigenvalue weighted by Crippen LogP contribution is -2.27. The van der Waals surface area contributed by atoms with E-state index in [2.05, 4.69) is 31.9 Å². The zero-order chi connectivity index (χ0) is 22.0. The predicted octanol–water partition coefficient (Wildman–Crippen LogP) is 7.23. The molecule has 0 bridgehead atoms. The standard InChI is InChI=1S/C23H18Br2ClNO3S/c1-29-20-11-15(10-19(25)22(20)30-12-14-2-4-16(24)5-3-14)23-27(21(28)13-31-23)18-8-6-17(26)7-9-18/h2-11,23H,12-13H2,1H3/t23-/m0/s1. The SMILES string of the molecule is COc1cc([C@@H]2SCC(=O)N2c2ccc(Cl)cc2)cc(Br)c1OCc1ccc(Br)cc1. The van der Waals surface area contributed by atoms with Gasteiger partial charge in [0.1, 0.15) is 12.0 Å². The van der Waals surface area contributed by atoms with E-state index in [4.69, 9.17) is 21.1 Å². The van der Waals surface area contributed by atoms with Crippen molar-refractivity contribution in [2.45, 2.75) is 12.0 Å². The highest BCUT2D eigenvalue weighted by Gasteiger charge is 2.35. The Hall–Kier alpha value is -1.67. The Labute approximate surface area is 207 Å². The van der Waals surface area contributed by atoms with E-state index in [9.17, 15) is 4.79 Å². The summed E-state index contributed by atoms with van der Waals surface area (Å²) in [4.78, 5) is 14.4. The third-order valence-corrected chi connectivity index (χ3v) is 7.39. The van der Waals surface area contributed by atoms with E-state index in [1.807, 2.05) is 48.5 Å². The molecule has 4 rings (SSSR count). The summed E-state index contributed by atoms with van der Waals surface area (Å²) in [6, 6.07) is 19.2. The first-order valence-corrected chi connectivity index (χ1v) is 12.4. The molecule has 3 aromatic carbocycles. The van der Waals surface area contributed by atoms with Crippen LogP contribution in [0.4, 0.5) is 5.69 Å². The van der Waals surface area contributed by atoms with Crippen LogP contribution in [-0.2, 0) is 11.4 Å². The Morgan fingerprint density at radius 2 is 1.81 bits per heavy atom. The van der Waals surface area contributed by atoms with Gasteiger partial charge in [-0.2, -0.15) is 0 Å². The summed E-state index contributed by atoms with van der Waals surface area (Å²) in [5.74, 6) is 1.71. The van der Waals surface area contributed by atoms with E-state index >= 15 is 0 Å². The number of halogens is 3. The minimum Gasteiger partial charge on any atom is -0.493 e. The summed E-state index contributed by atoms with van der Waals surface area (Å²) in [5.41, 5.74) is 2.81. The molecule has 31 heavy (non-hydrogen) atoms. The van der Waals surface area contributed by atoms with E-state index in [-0.39, 0.29) is 11.3 Å². The van der Waals surface area contributed by atoms with Gasteiger partial charge in [0.05, 0.1) is 17.3 Å². The molecular weight excluding hydrogens is 566 g/mol. The molecule has 3 aromatic rings. The van der Waals surface area contributed by atoms with Gasteiger partial charge in [0.25, 0.3) is 0 Å². The number of nitrogens with zero attached hydrogens (tertiary/aromatic N) is 1. The van der Waals surface area contributed by atoms with Gasteiger partial charge in [-0.3, -0.25) is 9.69 Å². The largest absolute Gasteiger partial charge is 0.493 e. The van der Waals surface area contributed by atoms with Crippen LogP contribution in [0, 0.1) is 0 Å². The van der Waals surface area contributed by atoms with Gasteiger partial charge in [0.2, 0.25) is 5.91 Å². The minimum absolute atomic E-state index is 0.0583. The van der Waals surface area contributed by atoms with Crippen LogP contribution < -0.4 is 14.4 Å². The van der Waals surface area contributed by atoms with E-state index in [0.717, 1.165) is 25.8 Å². The average Bonchev–Trinajstić information content (AvgIpc) is 3.15. The van der Waals surface area contributed by atoms with Crippen molar-refractivity contribution in [2.24, 2.45) is 0 Å². The highest BCUT2D eigenvalue weighted by molar-refractivity contribution is 9.10. The Balaban J connectivity index is 1.61. The number of carbonyl (C=O) groups excluding carboxylic acids is 1. The second-order valence-corrected chi connectivity index (χ2v) is 10.1. The fraction of sp³-hybridized carbons (Fsp3) is 0.174. The predicted molar refractivity (Wildman–Crippen MR) is 133 cm³/mol. The van der Waals surface area contributed by atoms with Gasteiger partial charge in [0.15, 0.2) is 11.5 Å². The van der Waals surface area contributed by atoms with Crippen molar-refractivity contribution in [3.05, 3.63) is 85.8 Å². The van der Waals surface area contributed by atoms with Crippen LogP contribution in [0.25, 0.3) is 0 Å².